The summed E-state index contributed by atoms with van der Waals surface area (Å²) in [5.41, 5.74) is 0.972. The van der Waals surface area contributed by atoms with Crippen LogP contribution in [0.25, 0.3) is 0 Å². The molecule has 17 heavy (non-hydrogen) atoms. The van der Waals surface area contributed by atoms with Gasteiger partial charge in [0.05, 0.1) is 0 Å². The Morgan fingerprint density at radius 2 is 2.06 bits per heavy atom. The van der Waals surface area contributed by atoms with Crippen molar-refractivity contribution >= 4 is 21.7 Å². The lowest BCUT2D eigenvalue weighted by Crippen LogP contribution is -2.31. The van der Waals surface area contributed by atoms with Gasteiger partial charge in [0.1, 0.15) is 10.2 Å². The van der Waals surface area contributed by atoms with Crippen LogP contribution in [-0.2, 0) is 11.2 Å². The molecule has 1 aromatic rings. The van der Waals surface area contributed by atoms with Crippen LogP contribution in [0.2, 0.25) is 0 Å². The fourth-order valence-corrected chi connectivity index (χ4v) is 2.16. The van der Waals surface area contributed by atoms with Gasteiger partial charge >= 0.3 is 0 Å². The molecule has 0 amide bonds. The molecule has 88 valence electrons. The van der Waals surface area contributed by atoms with Crippen LogP contribution in [0.5, 0.6) is 0 Å². The largest absolute Gasteiger partial charge is 0.297 e. The molecule has 0 bridgehead atoms. The summed E-state index contributed by atoms with van der Waals surface area (Å²) >= 11 is 3.40. The minimum Gasteiger partial charge on any atom is -0.297 e. The monoisotopic (exact) mass is 294 g/mol. The minimum absolute atomic E-state index is 0.0451. The highest BCUT2D eigenvalue weighted by Crippen LogP contribution is 2.32. The number of rotatable bonds is 3. The first-order valence-electron chi connectivity index (χ1n) is 5.41. The zero-order chi connectivity index (χ0) is 12.3. The van der Waals surface area contributed by atoms with Gasteiger partial charge in [-0.1, -0.05) is 52.3 Å². The number of Topliss-reactive ketones (excluding diaryl/α,β-unsaturated/α-hetero) is 1. The first-order valence-corrected chi connectivity index (χ1v) is 6.20. The number of carbonyl (C=O) groups excluding carboxylic acids is 1. The quantitative estimate of drug-likeness (QED) is 0.776. The molecule has 2 rings (SSSR count). The molecule has 1 aliphatic rings. The molecule has 0 N–H and O–H groups in total. The van der Waals surface area contributed by atoms with Gasteiger partial charge < -0.3 is 0 Å². The summed E-state index contributed by atoms with van der Waals surface area (Å²) in [5, 5.41) is 0. The maximum Gasteiger partial charge on any atom is 0.158 e. The zero-order valence-electron chi connectivity index (χ0n) is 9.20. The van der Waals surface area contributed by atoms with Crippen molar-refractivity contribution in [3.63, 3.8) is 0 Å². The van der Waals surface area contributed by atoms with Crippen molar-refractivity contribution < 1.29 is 9.18 Å². The van der Waals surface area contributed by atoms with Gasteiger partial charge in [-0.3, -0.25) is 4.79 Å². The average molecular weight is 295 g/mol. The summed E-state index contributed by atoms with van der Waals surface area (Å²) in [6, 6.07) is 9.55. The smallest absolute Gasteiger partial charge is 0.158 e. The predicted molar refractivity (Wildman–Crippen MR) is 69.8 cm³/mol. The Kier molecular flexibility index (Phi) is 3.57. The van der Waals surface area contributed by atoms with Gasteiger partial charge in [-0.25, -0.2) is 4.39 Å². The SMILES string of the molecule is O=C(Cc1ccccc1)C1(Br)C=CC(F)=CC1. The number of alkyl halides is 1. The fourth-order valence-electron chi connectivity index (χ4n) is 1.73. The normalized spacial score (nSPS) is 23.3. The summed E-state index contributed by atoms with van der Waals surface area (Å²) in [6.45, 7) is 0. The lowest BCUT2D eigenvalue weighted by Gasteiger charge is -2.23. The third kappa shape index (κ3) is 2.91. The van der Waals surface area contributed by atoms with Gasteiger partial charge in [0.25, 0.3) is 0 Å². The molecule has 1 aliphatic carbocycles. The number of ketones is 1. The molecule has 0 aliphatic heterocycles. The van der Waals surface area contributed by atoms with E-state index in [-0.39, 0.29) is 11.6 Å². The van der Waals surface area contributed by atoms with Crippen LogP contribution in [0.1, 0.15) is 12.0 Å². The van der Waals surface area contributed by atoms with Crippen LogP contribution in [0, 0.1) is 0 Å². The number of benzene rings is 1. The summed E-state index contributed by atoms with van der Waals surface area (Å²) in [5.74, 6) is -0.240. The van der Waals surface area contributed by atoms with Crippen LogP contribution in [0.4, 0.5) is 4.39 Å². The van der Waals surface area contributed by atoms with E-state index in [1.807, 2.05) is 30.3 Å². The summed E-state index contributed by atoms with van der Waals surface area (Å²) in [4.78, 5) is 12.1. The number of hydrogen-bond acceptors (Lipinski definition) is 1. The Labute approximate surface area is 108 Å². The molecule has 0 saturated carbocycles. The molecule has 3 heteroatoms. The Bertz CT molecular complexity index is 478. The van der Waals surface area contributed by atoms with Gasteiger partial charge in [-0.05, 0) is 24.1 Å². The van der Waals surface area contributed by atoms with Crippen LogP contribution < -0.4 is 0 Å². The molecule has 0 radical (unpaired) electrons. The van der Waals surface area contributed by atoms with Crippen molar-refractivity contribution in [2.45, 2.75) is 17.2 Å². The van der Waals surface area contributed by atoms with Crippen LogP contribution in [0.15, 0.2) is 54.4 Å². The van der Waals surface area contributed by atoms with Crippen LogP contribution in [-0.4, -0.2) is 10.1 Å². The summed E-state index contributed by atoms with van der Waals surface area (Å²) in [6.07, 6.45) is 5.07. The standard InChI is InChI=1S/C14H12BrFO/c15-14(8-6-12(16)7-9-14)13(17)10-11-4-2-1-3-5-11/h1-8H,9-10H2. The van der Waals surface area contributed by atoms with Crippen LogP contribution >= 0.6 is 15.9 Å². The van der Waals surface area contributed by atoms with E-state index in [1.54, 1.807) is 6.08 Å². The highest BCUT2D eigenvalue weighted by molar-refractivity contribution is 9.10. The first-order chi connectivity index (χ1) is 8.10. The van der Waals surface area contributed by atoms with E-state index in [0.29, 0.717) is 12.8 Å². The van der Waals surface area contributed by atoms with E-state index in [2.05, 4.69) is 15.9 Å². The molecule has 0 aromatic heterocycles. The molecular formula is C14H12BrFO. The third-order valence-corrected chi connectivity index (χ3v) is 3.80. The van der Waals surface area contributed by atoms with Crippen molar-refractivity contribution in [2.75, 3.05) is 0 Å². The van der Waals surface area contributed by atoms with E-state index in [0.717, 1.165) is 5.56 Å². The van der Waals surface area contributed by atoms with Crippen molar-refractivity contribution in [2.24, 2.45) is 0 Å². The Balaban J connectivity index is 2.09. The summed E-state index contributed by atoms with van der Waals surface area (Å²) in [7, 11) is 0. The molecule has 1 unspecified atom stereocenters. The Morgan fingerprint density at radius 3 is 2.65 bits per heavy atom. The lowest BCUT2D eigenvalue weighted by atomic mass is 9.91. The average Bonchev–Trinajstić information content (AvgIpc) is 2.34. The summed E-state index contributed by atoms with van der Waals surface area (Å²) < 4.78 is 12.1. The van der Waals surface area contributed by atoms with E-state index in [4.69, 9.17) is 0 Å². The molecule has 1 aromatic carbocycles. The molecule has 0 saturated heterocycles. The Morgan fingerprint density at radius 1 is 1.35 bits per heavy atom. The molecule has 1 nitrogen and oxygen atoms in total. The van der Waals surface area contributed by atoms with Gasteiger partial charge in [-0.2, -0.15) is 0 Å². The van der Waals surface area contributed by atoms with E-state index >= 15 is 0 Å². The number of halogens is 2. The molecular weight excluding hydrogens is 283 g/mol. The minimum atomic E-state index is -0.752. The second-order valence-electron chi connectivity index (χ2n) is 4.07. The van der Waals surface area contributed by atoms with Crippen LogP contribution in [0.3, 0.4) is 0 Å². The van der Waals surface area contributed by atoms with Crippen molar-refractivity contribution in [1.82, 2.24) is 0 Å². The molecule has 1 atom stereocenters. The topological polar surface area (TPSA) is 17.1 Å². The molecule has 0 spiro atoms. The van der Waals surface area contributed by atoms with Gasteiger partial charge in [0.15, 0.2) is 5.78 Å². The predicted octanol–water partition coefficient (Wildman–Crippen LogP) is 3.75. The zero-order valence-corrected chi connectivity index (χ0v) is 10.8. The number of hydrogen-bond donors (Lipinski definition) is 0. The lowest BCUT2D eigenvalue weighted by molar-refractivity contribution is -0.119. The fraction of sp³-hybridized carbons (Fsp3) is 0.214. The maximum absolute atomic E-state index is 12.9. The number of allylic oxidation sites excluding steroid dienone is 4. The van der Waals surface area contributed by atoms with E-state index in [1.165, 1.54) is 12.2 Å². The maximum atomic E-state index is 12.9. The highest BCUT2D eigenvalue weighted by atomic mass is 79.9. The second kappa shape index (κ2) is 4.96. The third-order valence-electron chi connectivity index (χ3n) is 2.77. The Hall–Kier alpha value is -1.22. The molecule has 0 heterocycles. The first kappa shape index (κ1) is 12.2. The van der Waals surface area contributed by atoms with E-state index in [9.17, 15) is 9.18 Å². The van der Waals surface area contributed by atoms with Gasteiger partial charge in [-0.15, -0.1) is 0 Å². The molecule has 0 fully saturated rings. The van der Waals surface area contributed by atoms with Crippen molar-refractivity contribution in [3.8, 4) is 0 Å². The van der Waals surface area contributed by atoms with E-state index < -0.39 is 4.32 Å². The second-order valence-corrected chi connectivity index (χ2v) is 5.49. The van der Waals surface area contributed by atoms with Crippen molar-refractivity contribution in [3.05, 3.63) is 60.0 Å². The van der Waals surface area contributed by atoms with Crippen molar-refractivity contribution in [1.29, 1.82) is 0 Å². The number of carbonyl (C=O) groups is 1. The van der Waals surface area contributed by atoms with Gasteiger partial charge in [0.2, 0.25) is 0 Å². The highest BCUT2D eigenvalue weighted by Gasteiger charge is 2.33. The van der Waals surface area contributed by atoms with Gasteiger partial charge in [0, 0.05) is 6.42 Å².